The van der Waals surface area contributed by atoms with Gasteiger partial charge in [0.15, 0.2) is 5.82 Å². The third-order valence-electron chi connectivity index (χ3n) is 5.07. The van der Waals surface area contributed by atoms with Crippen molar-refractivity contribution in [1.29, 1.82) is 0 Å². The Bertz CT molecular complexity index is 845. The first-order chi connectivity index (χ1) is 12.7. The molecule has 0 saturated heterocycles. The molecule has 0 atom stereocenters. The van der Waals surface area contributed by atoms with Crippen molar-refractivity contribution in [3.05, 3.63) is 53.1 Å². The molecule has 1 aromatic carbocycles. The lowest BCUT2D eigenvalue weighted by atomic mass is 10.00. The SMILES string of the molecule is COCCN1CCn2cc(C(=O)N3CCc4ccccc4C3)nc2C1=O. The van der Waals surface area contributed by atoms with Crippen LogP contribution in [0.3, 0.4) is 0 Å². The van der Waals surface area contributed by atoms with Gasteiger partial charge < -0.3 is 19.1 Å². The molecule has 4 rings (SSSR count). The molecule has 136 valence electrons. The monoisotopic (exact) mass is 354 g/mol. The maximum Gasteiger partial charge on any atom is 0.290 e. The van der Waals surface area contributed by atoms with Crippen LogP contribution in [-0.4, -0.2) is 64.5 Å². The second-order valence-electron chi connectivity index (χ2n) is 6.67. The second kappa shape index (κ2) is 6.92. The van der Waals surface area contributed by atoms with E-state index in [4.69, 9.17) is 4.74 Å². The summed E-state index contributed by atoms with van der Waals surface area (Å²) < 4.78 is 6.84. The molecular weight excluding hydrogens is 332 g/mol. The van der Waals surface area contributed by atoms with Gasteiger partial charge in [0, 0.05) is 46.0 Å². The van der Waals surface area contributed by atoms with E-state index in [1.54, 1.807) is 22.8 Å². The van der Waals surface area contributed by atoms with Crippen LogP contribution < -0.4 is 0 Å². The molecular formula is C19H22N4O3. The Hall–Kier alpha value is -2.67. The van der Waals surface area contributed by atoms with E-state index >= 15 is 0 Å². The van der Waals surface area contributed by atoms with Crippen molar-refractivity contribution in [1.82, 2.24) is 19.4 Å². The number of carbonyl (C=O) groups excluding carboxylic acids is 2. The molecule has 2 aliphatic rings. The van der Waals surface area contributed by atoms with Crippen LogP contribution in [0.15, 0.2) is 30.5 Å². The van der Waals surface area contributed by atoms with Crippen LogP contribution in [0.4, 0.5) is 0 Å². The summed E-state index contributed by atoms with van der Waals surface area (Å²) in [6.07, 6.45) is 2.56. The smallest absolute Gasteiger partial charge is 0.290 e. The first-order valence-electron chi connectivity index (χ1n) is 8.89. The van der Waals surface area contributed by atoms with E-state index in [0.29, 0.717) is 50.8 Å². The van der Waals surface area contributed by atoms with Gasteiger partial charge in [0.2, 0.25) is 0 Å². The first kappa shape index (κ1) is 16.8. The zero-order chi connectivity index (χ0) is 18.1. The van der Waals surface area contributed by atoms with Crippen LogP contribution >= 0.6 is 0 Å². The van der Waals surface area contributed by atoms with E-state index in [1.807, 2.05) is 17.0 Å². The van der Waals surface area contributed by atoms with E-state index in [1.165, 1.54) is 11.1 Å². The summed E-state index contributed by atoms with van der Waals surface area (Å²) in [5.41, 5.74) is 2.82. The average Bonchev–Trinajstić information content (AvgIpc) is 3.12. The molecule has 0 bridgehead atoms. The summed E-state index contributed by atoms with van der Waals surface area (Å²) in [4.78, 5) is 33.3. The first-order valence-corrected chi connectivity index (χ1v) is 8.89. The van der Waals surface area contributed by atoms with Crippen LogP contribution in [0.25, 0.3) is 0 Å². The number of nitrogens with zero attached hydrogens (tertiary/aromatic N) is 4. The number of methoxy groups -OCH3 is 1. The van der Waals surface area contributed by atoms with Crippen LogP contribution in [0, 0.1) is 0 Å². The Morgan fingerprint density at radius 3 is 2.81 bits per heavy atom. The molecule has 2 aliphatic heterocycles. The third-order valence-corrected chi connectivity index (χ3v) is 5.07. The standard InChI is InChI=1S/C19H22N4O3/c1-26-11-10-21-8-9-22-13-16(20-17(22)19(21)25)18(24)23-7-6-14-4-2-3-5-15(14)12-23/h2-5,13H,6-12H2,1H3. The van der Waals surface area contributed by atoms with Crippen LogP contribution in [0.1, 0.15) is 32.2 Å². The van der Waals surface area contributed by atoms with Gasteiger partial charge >= 0.3 is 0 Å². The Balaban J connectivity index is 1.51. The molecule has 0 spiro atoms. The summed E-state index contributed by atoms with van der Waals surface area (Å²) in [7, 11) is 1.61. The summed E-state index contributed by atoms with van der Waals surface area (Å²) in [5, 5.41) is 0. The van der Waals surface area contributed by atoms with Crippen molar-refractivity contribution < 1.29 is 14.3 Å². The van der Waals surface area contributed by atoms with E-state index in [2.05, 4.69) is 17.1 Å². The Morgan fingerprint density at radius 1 is 1.19 bits per heavy atom. The molecule has 7 nitrogen and oxygen atoms in total. The second-order valence-corrected chi connectivity index (χ2v) is 6.67. The largest absolute Gasteiger partial charge is 0.383 e. The van der Waals surface area contributed by atoms with Gasteiger partial charge in [-0.15, -0.1) is 0 Å². The topological polar surface area (TPSA) is 67.7 Å². The molecule has 2 amide bonds. The number of amides is 2. The lowest BCUT2D eigenvalue weighted by molar-refractivity contribution is 0.0633. The maximum absolute atomic E-state index is 12.9. The fourth-order valence-corrected chi connectivity index (χ4v) is 3.58. The highest BCUT2D eigenvalue weighted by atomic mass is 16.5. The highest BCUT2D eigenvalue weighted by molar-refractivity contribution is 5.96. The summed E-state index contributed by atoms with van der Waals surface area (Å²) in [6.45, 7) is 3.54. The Kier molecular flexibility index (Phi) is 4.46. The number of carbonyl (C=O) groups is 2. The zero-order valence-corrected chi connectivity index (χ0v) is 14.9. The molecule has 1 aromatic heterocycles. The molecule has 0 fully saturated rings. The van der Waals surface area contributed by atoms with Gasteiger partial charge in [-0.2, -0.15) is 0 Å². The number of hydrogen-bond donors (Lipinski definition) is 0. The van der Waals surface area contributed by atoms with Crippen LogP contribution in [0.2, 0.25) is 0 Å². The van der Waals surface area contributed by atoms with Crippen molar-refractivity contribution in [2.24, 2.45) is 0 Å². The van der Waals surface area contributed by atoms with Crippen LogP contribution in [0.5, 0.6) is 0 Å². The molecule has 0 saturated carbocycles. The zero-order valence-electron chi connectivity index (χ0n) is 14.9. The van der Waals surface area contributed by atoms with Crippen molar-refractivity contribution in [2.75, 3.05) is 33.4 Å². The van der Waals surface area contributed by atoms with Crippen LogP contribution in [-0.2, 0) is 24.2 Å². The van der Waals surface area contributed by atoms with Gasteiger partial charge in [-0.1, -0.05) is 24.3 Å². The molecule has 26 heavy (non-hydrogen) atoms. The number of hydrogen-bond acceptors (Lipinski definition) is 4. The van der Waals surface area contributed by atoms with Gasteiger partial charge in [0.1, 0.15) is 5.69 Å². The van der Waals surface area contributed by atoms with Gasteiger partial charge in [0.25, 0.3) is 11.8 Å². The summed E-state index contributed by atoms with van der Waals surface area (Å²) >= 11 is 0. The lowest BCUT2D eigenvalue weighted by Gasteiger charge is -2.28. The minimum Gasteiger partial charge on any atom is -0.383 e. The molecule has 0 N–H and O–H groups in total. The Labute approximate surface area is 152 Å². The fourth-order valence-electron chi connectivity index (χ4n) is 3.58. The number of rotatable bonds is 4. The van der Waals surface area contributed by atoms with E-state index in [0.717, 1.165) is 6.42 Å². The number of benzene rings is 1. The predicted molar refractivity (Wildman–Crippen MR) is 94.9 cm³/mol. The predicted octanol–water partition coefficient (Wildman–Crippen LogP) is 1.18. The lowest BCUT2D eigenvalue weighted by Crippen LogP contribution is -2.42. The number of ether oxygens (including phenoxy) is 1. The minimum absolute atomic E-state index is 0.113. The normalized spacial score (nSPS) is 16.4. The van der Waals surface area contributed by atoms with Crippen molar-refractivity contribution >= 4 is 11.8 Å². The molecule has 0 unspecified atom stereocenters. The summed E-state index contributed by atoms with van der Waals surface area (Å²) in [5.74, 6) is 0.0853. The minimum atomic E-state index is -0.142. The molecule has 0 aliphatic carbocycles. The van der Waals surface area contributed by atoms with Crippen molar-refractivity contribution in [3.63, 3.8) is 0 Å². The van der Waals surface area contributed by atoms with Gasteiger partial charge in [-0.05, 0) is 17.5 Å². The highest BCUT2D eigenvalue weighted by Gasteiger charge is 2.30. The number of fused-ring (bicyclic) bond motifs is 2. The number of aromatic nitrogens is 2. The highest BCUT2D eigenvalue weighted by Crippen LogP contribution is 2.21. The molecule has 0 radical (unpaired) electrons. The van der Waals surface area contributed by atoms with Crippen molar-refractivity contribution in [2.45, 2.75) is 19.5 Å². The van der Waals surface area contributed by atoms with E-state index in [-0.39, 0.29) is 11.8 Å². The summed E-state index contributed by atoms with van der Waals surface area (Å²) in [6, 6.07) is 8.19. The van der Waals surface area contributed by atoms with E-state index in [9.17, 15) is 9.59 Å². The quantitative estimate of drug-likeness (QED) is 0.827. The number of imidazole rings is 1. The maximum atomic E-state index is 12.9. The van der Waals surface area contributed by atoms with Gasteiger partial charge in [-0.25, -0.2) is 4.98 Å². The van der Waals surface area contributed by atoms with E-state index < -0.39 is 0 Å². The van der Waals surface area contributed by atoms with Gasteiger partial charge in [0.05, 0.1) is 6.61 Å². The van der Waals surface area contributed by atoms with Gasteiger partial charge in [-0.3, -0.25) is 9.59 Å². The average molecular weight is 354 g/mol. The fraction of sp³-hybridized carbons (Fsp3) is 0.421. The molecule has 2 aromatic rings. The Morgan fingerprint density at radius 2 is 2.00 bits per heavy atom. The third kappa shape index (κ3) is 2.99. The molecule has 7 heteroatoms. The molecule has 3 heterocycles. The van der Waals surface area contributed by atoms with Crippen molar-refractivity contribution in [3.8, 4) is 0 Å².